The van der Waals surface area contributed by atoms with Crippen LogP contribution in [0.2, 0.25) is 0 Å². The second-order valence-electron chi connectivity index (χ2n) is 4.04. The summed E-state index contributed by atoms with van der Waals surface area (Å²) in [5.74, 6) is -0.151. The fourth-order valence-corrected chi connectivity index (χ4v) is 1.73. The van der Waals surface area contributed by atoms with Gasteiger partial charge < -0.3 is 15.4 Å². The highest BCUT2D eigenvalue weighted by Crippen LogP contribution is 2.14. The first-order chi connectivity index (χ1) is 8.24. The van der Waals surface area contributed by atoms with E-state index in [1.807, 2.05) is 31.3 Å². The van der Waals surface area contributed by atoms with E-state index in [4.69, 9.17) is 5.11 Å². The fraction of sp³-hybridized carbons (Fsp3) is 0.308. The van der Waals surface area contributed by atoms with Gasteiger partial charge in [-0.25, -0.2) is 0 Å². The number of rotatable bonds is 4. The van der Waals surface area contributed by atoms with Crippen molar-refractivity contribution in [3.05, 3.63) is 36.0 Å². The van der Waals surface area contributed by atoms with Gasteiger partial charge in [0, 0.05) is 17.3 Å². The number of H-pyrrole nitrogens is 1. The first kappa shape index (κ1) is 11.7. The van der Waals surface area contributed by atoms with Gasteiger partial charge >= 0.3 is 0 Å². The smallest absolute Gasteiger partial charge is 0.251 e. The zero-order chi connectivity index (χ0) is 12.3. The van der Waals surface area contributed by atoms with Crippen molar-refractivity contribution in [3.8, 4) is 0 Å². The molecule has 1 atom stereocenters. The lowest BCUT2D eigenvalue weighted by Gasteiger charge is -2.13. The minimum atomic E-state index is -0.179. The summed E-state index contributed by atoms with van der Waals surface area (Å²) < 4.78 is 0. The van der Waals surface area contributed by atoms with Crippen LogP contribution in [0.5, 0.6) is 0 Å². The van der Waals surface area contributed by atoms with E-state index in [0.717, 1.165) is 10.9 Å². The molecule has 0 radical (unpaired) electrons. The summed E-state index contributed by atoms with van der Waals surface area (Å²) in [5.41, 5.74) is 1.54. The van der Waals surface area contributed by atoms with Gasteiger partial charge in [0.2, 0.25) is 0 Å². The number of hydrogen-bond donors (Lipinski definition) is 3. The van der Waals surface area contributed by atoms with Gasteiger partial charge in [-0.1, -0.05) is 13.0 Å². The molecule has 2 aromatic rings. The lowest BCUT2D eigenvalue weighted by atomic mass is 10.1. The first-order valence-electron chi connectivity index (χ1n) is 5.73. The molecule has 3 N–H and O–H groups in total. The third-order valence-corrected chi connectivity index (χ3v) is 2.87. The van der Waals surface area contributed by atoms with Crippen molar-refractivity contribution in [2.75, 3.05) is 6.61 Å². The molecule has 1 aromatic carbocycles. The molecule has 0 unspecified atom stereocenters. The van der Waals surface area contributed by atoms with Crippen LogP contribution in [0.15, 0.2) is 30.5 Å². The highest BCUT2D eigenvalue weighted by atomic mass is 16.3. The van der Waals surface area contributed by atoms with Crippen molar-refractivity contribution >= 4 is 16.8 Å². The van der Waals surface area contributed by atoms with Crippen LogP contribution in [-0.2, 0) is 0 Å². The summed E-state index contributed by atoms with van der Waals surface area (Å²) in [6, 6.07) is 7.28. The Bertz CT molecular complexity index is 515. The van der Waals surface area contributed by atoms with Gasteiger partial charge in [0.15, 0.2) is 0 Å². The van der Waals surface area contributed by atoms with E-state index in [1.54, 1.807) is 6.07 Å². The zero-order valence-electron chi connectivity index (χ0n) is 9.73. The molecule has 90 valence electrons. The molecule has 2 rings (SSSR count). The van der Waals surface area contributed by atoms with Crippen LogP contribution >= 0.6 is 0 Å². The molecule has 17 heavy (non-hydrogen) atoms. The Labute approximate surface area is 99.7 Å². The van der Waals surface area contributed by atoms with Crippen molar-refractivity contribution in [1.82, 2.24) is 10.3 Å². The van der Waals surface area contributed by atoms with Gasteiger partial charge in [-0.15, -0.1) is 0 Å². The summed E-state index contributed by atoms with van der Waals surface area (Å²) in [4.78, 5) is 15.0. The Morgan fingerprint density at radius 1 is 1.47 bits per heavy atom. The van der Waals surface area contributed by atoms with E-state index in [-0.39, 0.29) is 18.6 Å². The number of fused-ring (bicyclic) bond motifs is 1. The summed E-state index contributed by atoms with van der Waals surface area (Å²) >= 11 is 0. The van der Waals surface area contributed by atoms with Gasteiger partial charge in [0.25, 0.3) is 5.91 Å². The highest BCUT2D eigenvalue weighted by Gasteiger charge is 2.11. The molecule has 4 heteroatoms. The predicted octanol–water partition coefficient (Wildman–Crippen LogP) is 1.67. The lowest BCUT2D eigenvalue weighted by Crippen LogP contribution is -2.36. The van der Waals surface area contributed by atoms with Gasteiger partial charge in [-0.05, 0) is 30.0 Å². The number of benzene rings is 1. The van der Waals surface area contributed by atoms with Crippen LogP contribution in [0.4, 0.5) is 0 Å². The summed E-state index contributed by atoms with van der Waals surface area (Å²) in [5, 5.41) is 12.9. The van der Waals surface area contributed by atoms with Crippen LogP contribution < -0.4 is 5.32 Å². The maximum absolute atomic E-state index is 11.9. The Balaban J connectivity index is 2.18. The lowest BCUT2D eigenvalue weighted by molar-refractivity contribution is 0.0915. The summed E-state index contributed by atoms with van der Waals surface area (Å²) in [6.45, 7) is 1.89. The molecule has 0 aliphatic rings. The zero-order valence-corrected chi connectivity index (χ0v) is 9.73. The number of hydrogen-bond acceptors (Lipinski definition) is 2. The monoisotopic (exact) mass is 232 g/mol. The number of carbonyl (C=O) groups excluding carboxylic acids is 1. The molecule has 1 heterocycles. The largest absolute Gasteiger partial charge is 0.394 e. The van der Waals surface area contributed by atoms with Gasteiger partial charge in [-0.2, -0.15) is 0 Å². The minimum Gasteiger partial charge on any atom is -0.394 e. The normalized spacial score (nSPS) is 12.6. The van der Waals surface area contributed by atoms with E-state index in [9.17, 15) is 4.79 Å². The first-order valence-corrected chi connectivity index (χ1v) is 5.73. The number of nitrogens with one attached hydrogen (secondary N) is 2. The summed E-state index contributed by atoms with van der Waals surface area (Å²) in [7, 11) is 0. The van der Waals surface area contributed by atoms with E-state index in [1.165, 1.54) is 0 Å². The Kier molecular flexibility index (Phi) is 3.44. The van der Waals surface area contributed by atoms with Gasteiger partial charge in [0.05, 0.1) is 12.6 Å². The Morgan fingerprint density at radius 2 is 2.29 bits per heavy atom. The second-order valence-corrected chi connectivity index (χ2v) is 4.04. The molecule has 0 spiro atoms. The molecule has 1 amide bonds. The van der Waals surface area contributed by atoms with Gasteiger partial charge in [-0.3, -0.25) is 4.79 Å². The fourth-order valence-electron chi connectivity index (χ4n) is 1.73. The quantitative estimate of drug-likeness (QED) is 0.750. The minimum absolute atomic E-state index is 0.0347. The van der Waals surface area contributed by atoms with E-state index >= 15 is 0 Å². The second kappa shape index (κ2) is 5.01. The topological polar surface area (TPSA) is 65.1 Å². The number of amides is 1. The average Bonchev–Trinajstić information content (AvgIpc) is 2.82. The molecule has 0 bridgehead atoms. The van der Waals surface area contributed by atoms with Crippen LogP contribution in [0.25, 0.3) is 10.9 Å². The van der Waals surface area contributed by atoms with Crippen LogP contribution in [0.3, 0.4) is 0 Å². The third-order valence-electron chi connectivity index (χ3n) is 2.87. The van der Waals surface area contributed by atoms with Gasteiger partial charge in [0.1, 0.15) is 0 Å². The molecule has 0 fully saturated rings. The molecule has 4 nitrogen and oxygen atoms in total. The molecule has 0 aliphatic heterocycles. The van der Waals surface area contributed by atoms with E-state index < -0.39 is 0 Å². The third kappa shape index (κ3) is 2.47. The van der Waals surface area contributed by atoms with Crippen molar-refractivity contribution in [1.29, 1.82) is 0 Å². The number of aromatic nitrogens is 1. The highest BCUT2D eigenvalue weighted by molar-refractivity contribution is 5.98. The standard InChI is InChI=1S/C13H16N2O2/c1-2-11(8-16)15-13(17)10-4-3-9-5-6-14-12(9)7-10/h3-7,11,14,16H,2,8H2,1H3,(H,15,17)/t11-/m1/s1. The maximum Gasteiger partial charge on any atom is 0.251 e. The van der Waals surface area contributed by atoms with Crippen LogP contribution in [0.1, 0.15) is 23.7 Å². The average molecular weight is 232 g/mol. The maximum atomic E-state index is 11.9. The predicted molar refractivity (Wildman–Crippen MR) is 66.9 cm³/mol. The van der Waals surface area contributed by atoms with E-state index in [2.05, 4.69) is 10.3 Å². The molecule has 0 aliphatic carbocycles. The van der Waals surface area contributed by atoms with Crippen molar-refractivity contribution in [2.24, 2.45) is 0 Å². The number of carbonyl (C=O) groups is 1. The molecule has 1 aromatic heterocycles. The van der Waals surface area contributed by atoms with Crippen LogP contribution in [0, 0.1) is 0 Å². The molecular formula is C13H16N2O2. The SMILES string of the molecule is CC[C@H](CO)NC(=O)c1ccc2cc[nH]c2c1. The number of aromatic amines is 1. The Hall–Kier alpha value is -1.81. The number of aliphatic hydroxyl groups excluding tert-OH is 1. The van der Waals surface area contributed by atoms with Crippen molar-refractivity contribution in [3.63, 3.8) is 0 Å². The Morgan fingerprint density at radius 3 is 3.00 bits per heavy atom. The number of aliphatic hydroxyl groups is 1. The van der Waals surface area contributed by atoms with Crippen molar-refractivity contribution in [2.45, 2.75) is 19.4 Å². The molecular weight excluding hydrogens is 216 g/mol. The summed E-state index contributed by atoms with van der Waals surface area (Å²) in [6.07, 6.45) is 2.56. The van der Waals surface area contributed by atoms with Crippen molar-refractivity contribution < 1.29 is 9.90 Å². The molecule has 0 saturated heterocycles. The molecule has 0 saturated carbocycles. The van der Waals surface area contributed by atoms with E-state index in [0.29, 0.717) is 12.0 Å². The van der Waals surface area contributed by atoms with Crippen LogP contribution in [-0.4, -0.2) is 28.6 Å².